The van der Waals surface area contributed by atoms with Crippen LogP contribution in [0.2, 0.25) is 19.1 Å². The predicted octanol–water partition coefficient (Wildman–Crippen LogP) is 4.40. The van der Waals surface area contributed by atoms with Crippen LogP contribution in [-0.2, 0) is 20.5 Å². The maximum atomic E-state index is 6.50. The van der Waals surface area contributed by atoms with Crippen LogP contribution in [0, 0.1) is 11.3 Å². The van der Waals surface area contributed by atoms with Gasteiger partial charge in [-0.05, 0) is 37.0 Å². The van der Waals surface area contributed by atoms with Gasteiger partial charge >= 0.3 is 0 Å². The first-order valence-corrected chi connectivity index (χ1v) is 12.0. The molecule has 24 heavy (non-hydrogen) atoms. The zero-order valence-electron chi connectivity index (χ0n) is 15.3. The molecular weight excluding hydrogens is 316 g/mol. The van der Waals surface area contributed by atoms with Crippen molar-refractivity contribution in [2.24, 2.45) is 11.3 Å². The summed E-state index contributed by atoms with van der Waals surface area (Å²) >= 11 is 0. The van der Waals surface area contributed by atoms with E-state index in [4.69, 9.17) is 13.9 Å². The van der Waals surface area contributed by atoms with Gasteiger partial charge in [-0.3, -0.25) is 0 Å². The second-order valence-corrected chi connectivity index (χ2v) is 12.2. The Bertz CT molecular complexity index is 574. The van der Waals surface area contributed by atoms with Gasteiger partial charge in [0.2, 0.25) is 0 Å². The molecule has 2 fully saturated rings. The summed E-state index contributed by atoms with van der Waals surface area (Å²) in [7, 11) is 0.190. The molecule has 0 aromatic heterocycles. The van der Waals surface area contributed by atoms with Crippen molar-refractivity contribution < 1.29 is 13.9 Å². The molecule has 1 aliphatic carbocycles. The lowest BCUT2D eigenvalue weighted by Crippen LogP contribution is -2.43. The number of ether oxygens (including phenoxy) is 2. The van der Waals surface area contributed by atoms with Crippen molar-refractivity contribution in [2.75, 3.05) is 7.11 Å². The van der Waals surface area contributed by atoms with Crippen molar-refractivity contribution in [1.29, 1.82) is 0 Å². The molecule has 132 valence electrons. The van der Waals surface area contributed by atoms with E-state index < -0.39 is 8.32 Å². The maximum absolute atomic E-state index is 6.50. The lowest BCUT2D eigenvalue weighted by molar-refractivity contribution is -0.105. The normalized spacial score (nSPS) is 37.3. The number of benzene rings is 1. The van der Waals surface area contributed by atoms with E-state index in [9.17, 15) is 0 Å². The molecule has 1 saturated heterocycles. The minimum absolute atomic E-state index is 0.00191. The summed E-state index contributed by atoms with van der Waals surface area (Å²) in [6, 6.07) is 11.5. The van der Waals surface area contributed by atoms with Crippen molar-refractivity contribution in [2.45, 2.75) is 57.4 Å². The number of rotatable bonds is 6. The minimum Gasteiger partial charge on any atom is -0.411 e. The van der Waals surface area contributed by atoms with Crippen LogP contribution in [0.15, 0.2) is 43.0 Å². The predicted molar refractivity (Wildman–Crippen MR) is 99.4 cm³/mol. The van der Waals surface area contributed by atoms with Crippen LogP contribution in [0.25, 0.3) is 0 Å². The highest BCUT2D eigenvalue weighted by Gasteiger charge is 2.64. The van der Waals surface area contributed by atoms with Crippen LogP contribution in [-0.4, -0.2) is 33.7 Å². The zero-order valence-corrected chi connectivity index (χ0v) is 16.3. The molecule has 1 aliphatic heterocycles. The van der Waals surface area contributed by atoms with E-state index in [1.165, 1.54) is 11.6 Å². The molecule has 0 N–H and O–H groups in total. The molecule has 0 spiro atoms. The van der Waals surface area contributed by atoms with E-state index in [-0.39, 0.29) is 23.7 Å². The first-order chi connectivity index (χ1) is 11.4. The number of fused-ring (bicyclic) bond motifs is 1. The molecular formula is C20H30O3Si. The van der Waals surface area contributed by atoms with Gasteiger partial charge in [0, 0.05) is 12.5 Å². The summed E-state index contributed by atoms with van der Waals surface area (Å²) < 4.78 is 18.8. The minimum atomic E-state index is -1.60. The number of hydrogen-bond acceptors (Lipinski definition) is 3. The Balaban J connectivity index is 1.84. The van der Waals surface area contributed by atoms with Gasteiger partial charge in [-0.2, -0.15) is 0 Å². The van der Waals surface area contributed by atoms with Crippen LogP contribution < -0.4 is 0 Å². The van der Waals surface area contributed by atoms with Gasteiger partial charge in [-0.15, -0.1) is 6.58 Å². The quantitative estimate of drug-likeness (QED) is 0.564. The fourth-order valence-electron chi connectivity index (χ4n) is 4.69. The highest BCUT2D eigenvalue weighted by Crippen LogP contribution is 2.57. The summed E-state index contributed by atoms with van der Waals surface area (Å²) in [5.41, 5.74) is 1.21. The van der Waals surface area contributed by atoms with E-state index in [1.54, 1.807) is 7.11 Å². The van der Waals surface area contributed by atoms with Crippen LogP contribution >= 0.6 is 0 Å². The molecule has 0 amide bonds. The van der Waals surface area contributed by atoms with Crippen LogP contribution in [0.1, 0.15) is 18.9 Å². The molecule has 2 aliphatic rings. The van der Waals surface area contributed by atoms with Crippen LogP contribution in [0.3, 0.4) is 0 Å². The van der Waals surface area contributed by atoms with Gasteiger partial charge < -0.3 is 13.9 Å². The van der Waals surface area contributed by atoms with E-state index in [0.29, 0.717) is 12.5 Å². The van der Waals surface area contributed by atoms with Crippen LogP contribution in [0.4, 0.5) is 0 Å². The lowest BCUT2D eigenvalue weighted by atomic mass is 9.75. The fourth-order valence-corrected chi connectivity index (χ4v) is 7.58. The summed E-state index contributed by atoms with van der Waals surface area (Å²) in [4.78, 5) is 0. The average molecular weight is 347 g/mol. The van der Waals surface area contributed by atoms with E-state index in [1.807, 2.05) is 12.1 Å². The summed E-state index contributed by atoms with van der Waals surface area (Å²) in [5, 5.41) is 0. The third-order valence-corrected chi connectivity index (χ3v) is 8.14. The van der Waals surface area contributed by atoms with E-state index in [0.717, 1.165) is 6.42 Å². The molecule has 3 rings (SSSR count). The lowest BCUT2D eigenvalue weighted by Gasteiger charge is -2.37. The average Bonchev–Trinajstić information content (AvgIpc) is 2.97. The summed E-state index contributed by atoms with van der Waals surface area (Å²) in [6.45, 7) is 11.6. The Morgan fingerprint density at radius 2 is 2.04 bits per heavy atom. The molecule has 1 aromatic rings. The Kier molecular flexibility index (Phi) is 5.03. The number of methoxy groups -OCH3 is 1. The third-order valence-electron chi connectivity index (χ3n) is 5.81. The van der Waals surface area contributed by atoms with Crippen molar-refractivity contribution in [3.05, 3.63) is 48.6 Å². The largest absolute Gasteiger partial charge is 0.411 e. The summed E-state index contributed by atoms with van der Waals surface area (Å²) in [6.07, 6.45) is 3.14. The van der Waals surface area contributed by atoms with Crippen molar-refractivity contribution in [3.63, 3.8) is 0 Å². The highest BCUT2D eigenvalue weighted by atomic mass is 28.4. The standard InChI is InChI=1S/C20H30O3Si/c1-6-12-20(2)16-14-24(4,5)23-17(16)18(21-3)19(20)22-13-15-10-8-7-9-11-15/h6-11,16-19H,1,12-14H2,2-5H3/t16-,17+,18-,19+,20+/m0/s1. The smallest absolute Gasteiger partial charge is 0.187 e. The Morgan fingerprint density at radius 1 is 1.33 bits per heavy atom. The molecule has 0 unspecified atom stereocenters. The Labute approximate surface area is 147 Å². The molecule has 4 heteroatoms. The SMILES string of the molecule is C=CC[C@@]1(C)[C@H](OCc2ccccc2)[C@@H](OC)[C@@H]2O[Si](C)(C)C[C@@H]21. The maximum Gasteiger partial charge on any atom is 0.187 e. The van der Waals surface area contributed by atoms with Crippen molar-refractivity contribution >= 4 is 8.32 Å². The second-order valence-electron chi connectivity index (χ2n) is 8.07. The van der Waals surface area contributed by atoms with E-state index in [2.05, 4.69) is 50.9 Å². The van der Waals surface area contributed by atoms with Gasteiger partial charge in [-0.25, -0.2) is 0 Å². The van der Waals surface area contributed by atoms with Crippen molar-refractivity contribution in [3.8, 4) is 0 Å². The molecule has 0 bridgehead atoms. The molecule has 0 radical (unpaired) electrons. The van der Waals surface area contributed by atoms with Gasteiger partial charge in [0.25, 0.3) is 0 Å². The third kappa shape index (κ3) is 3.13. The first kappa shape index (κ1) is 17.9. The molecule has 5 atom stereocenters. The van der Waals surface area contributed by atoms with Gasteiger partial charge in [0.15, 0.2) is 8.32 Å². The van der Waals surface area contributed by atoms with Crippen LogP contribution in [0.5, 0.6) is 0 Å². The monoisotopic (exact) mass is 346 g/mol. The van der Waals surface area contributed by atoms with Gasteiger partial charge in [0.1, 0.15) is 6.10 Å². The Morgan fingerprint density at radius 3 is 2.67 bits per heavy atom. The summed E-state index contributed by atoms with van der Waals surface area (Å²) in [5.74, 6) is 0.489. The van der Waals surface area contributed by atoms with E-state index >= 15 is 0 Å². The first-order valence-electron chi connectivity index (χ1n) is 8.88. The molecule has 3 nitrogen and oxygen atoms in total. The highest BCUT2D eigenvalue weighted by molar-refractivity contribution is 6.71. The second kappa shape index (κ2) is 6.75. The van der Waals surface area contributed by atoms with Gasteiger partial charge in [0.05, 0.1) is 18.8 Å². The van der Waals surface area contributed by atoms with Gasteiger partial charge in [-0.1, -0.05) is 43.3 Å². The number of allylic oxidation sites excluding steroid dienone is 1. The zero-order chi connectivity index (χ0) is 17.4. The fraction of sp³-hybridized carbons (Fsp3) is 0.600. The molecule has 1 heterocycles. The molecule has 1 saturated carbocycles. The molecule has 1 aromatic carbocycles. The Hall–Kier alpha value is -0.943. The number of hydrogen-bond donors (Lipinski definition) is 0. The topological polar surface area (TPSA) is 27.7 Å². The van der Waals surface area contributed by atoms with Crippen molar-refractivity contribution in [1.82, 2.24) is 0 Å².